The molecule has 0 spiro atoms. The van der Waals surface area contributed by atoms with Crippen LogP contribution in [0.5, 0.6) is 0 Å². The van der Waals surface area contributed by atoms with Crippen molar-refractivity contribution in [3.63, 3.8) is 0 Å². The van der Waals surface area contributed by atoms with Gasteiger partial charge < -0.3 is 5.32 Å². The van der Waals surface area contributed by atoms with E-state index in [1.807, 2.05) is 6.92 Å². The molecule has 0 saturated heterocycles. The Labute approximate surface area is 124 Å². The van der Waals surface area contributed by atoms with Gasteiger partial charge in [0.25, 0.3) is 0 Å². The standard InChI is InChI=1S/C12H10Cl2N4O2/c1-2-15-12-11(18(19)20)10(16-6-17-12)7-3-4-8(13)9(14)5-7/h3-6H,2H2,1H3,(H,15,16,17). The van der Waals surface area contributed by atoms with Crippen LogP contribution in [0.4, 0.5) is 11.5 Å². The molecular weight excluding hydrogens is 303 g/mol. The van der Waals surface area contributed by atoms with Crippen molar-refractivity contribution in [2.75, 3.05) is 11.9 Å². The first kappa shape index (κ1) is 14.5. The molecule has 1 aromatic carbocycles. The largest absolute Gasteiger partial charge is 0.365 e. The molecule has 0 aliphatic rings. The molecule has 0 saturated carbocycles. The van der Waals surface area contributed by atoms with Crippen LogP contribution in [-0.2, 0) is 0 Å². The normalized spacial score (nSPS) is 10.3. The van der Waals surface area contributed by atoms with Crippen molar-refractivity contribution in [2.24, 2.45) is 0 Å². The predicted molar refractivity (Wildman–Crippen MR) is 78.3 cm³/mol. The summed E-state index contributed by atoms with van der Waals surface area (Å²) in [5, 5.41) is 14.8. The highest BCUT2D eigenvalue weighted by Crippen LogP contribution is 2.35. The quantitative estimate of drug-likeness (QED) is 0.686. The minimum atomic E-state index is -0.518. The summed E-state index contributed by atoms with van der Waals surface area (Å²) >= 11 is 11.8. The van der Waals surface area contributed by atoms with Gasteiger partial charge in [0.2, 0.25) is 5.82 Å². The van der Waals surface area contributed by atoms with Crippen LogP contribution in [0.25, 0.3) is 11.3 Å². The smallest absolute Gasteiger partial charge is 0.337 e. The number of halogens is 2. The van der Waals surface area contributed by atoms with Crippen LogP contribution < -0.4 is 5.32 Å². The predicted octanol–water partition coefficient (Wildman–Crippen LogP) is 3.79. The molecule has 104 valence electrons. The zero-order valence-electron chi connectivity index (χ0n) is 10.4. The number of nitrogens with one attached hydrogen (secondary N) is 1. The number of hydrogen-bond donors (Lipinski definition) is 1. The zero-order valence-corrected chi connectivity index (χ0v) is 11.9. The van der Waals surface area contributed by atoms with Crippen LogP contribution in [0.1, 0.15) is 6.92 Å². The molecule has 6 nitrogen and oxygen atoms in total. The Kier molecular flexibility index (Phi) is 4.36. The van der Waals surface area contributed by atoms with Crippen LogP contribution in [0.3, 0.4) is 0 Å². The highest BCUT2D eigenvalue weighted by Gasteiger charge is 2.23. The summed E-state index contributed by atoms with van der Waals surface area (Å²) in [4.78, 5) is 18.6. The summed E-state index contributed by atoms with van der Waals surface area (Å²) in [7, 11) is 0. The summed E-state index contributed by atoms with van der Waals surface area (Å²) in [6.45, 7) is 2.34. The Morgan fingerprint density at radius 1 is 1.30 bits per heavy atom. The topological polar surface area (TPSA) is 81.0 Å². The fourth-order valence-electron chi connectivity index (χ4n) is 1.70. The van der Waals surface area contributed by atoms with Gasteiger partial charge in [0.1, 0.15) is 6.33 Å². The Morgan fingerprint density at radius 3 is 2.65 bits per heavy atom. The second kappa shape index (κ2) is 6.02. The van der Waals surface area contributed by atoms with Gasteiger partial charge in [0.05, 0.1) is 15.0 Å². The Balaban J connectivity index is 2.63. The molecule has 0 atom stereocenters. The lowest BCUT2D eigenvalue weighted by atomic mass is 10.1. The molecule has 1 N–H and O–H groups in total. The number of benzene rings is 1. The maximum Gasteiger partial charge on any atom is 0.337 e. The summed E-state index contributed by atoms with van der Waals surface area (Å²) < 4.78 is 0. The van der Waals surface area contributed by atoms with Gasteiger partial charge >= 0.3 is 5.69 Å². The number of hydrogen-bond acceptors (Lipinski definition) is 5. The van der Waals surface area contributed by atoms with E-state index in [1.54, 1.807) is 12.1 Å². The van der Waals surface area contributed by atoms with E-state index in [0.717, 1.165) is 0 Å². The van der Waals surface area contributed by atoms with Crippen molar-refractivity contribution in [3.05, 3.63) is 44.7 Å². The van der Waals surface area contributed by atoms with E-state index in [2.05, 4.69) is 15.3 Å². The summed E-state index contributed by atoms with van der Waals surface area (Å²) in [5.41, 5.74) is 0.514. The molecule has 1 aromatic heterocycles. The molecule has 0 aliphatic carbocycles. The second-order valence-corrected chi connectivity index (χ2v) is 4.65. The van der Waals surface area contributed by atoms with Gasteiger partial charge in [0, 0.05) is 12.1 Å². The second-order valence-electron chi connectivity index (χ2n) is 3.84. The van der Waals surface area contributed by atoms with Gasteiger partial charge in [0.15, 0.2) is 5.69 Å². The monoisotopic (exact) mass is 312 g/mol. The number of nitrogens with zero attached hydrogens (tertiary/aromatic N) is 3. The van der Waals surface area contributed by atoms with Crippen molar-refractivity contribution in [1.82, 2.24) is 9.97 Å². The average molecular weight is 313 g/mol. The van der Waals surface area contributed by atoms with Crippen molar-refractivity contribution in [1.29, 1.82) is 0 Å². The third kappa shape index (κ3) is 2.81. The minimum Gasteiger partial charge on any atom is -0.365 e. The lowest BCUT2D eigenvalue weighted by molar-refractivity contribution is -0.383. The van der Waals surface area contributed by atoms with E-state index in [-0.39, 0.29) is 17.2 Å². The molecule has 8 heteroatoms. The van der Waals surface area contributed by atoms with Gasteiger partial charge in [-0.25, -0.2) is 9.97 Å². The van der Waals surface area contributed by atoms with Gasteiger partial charge in [-0.05, 0) is 19.1 Å². The van der Waals surface area contributed by atoms with Crippen LogP contribution in [0.15, 0.2) is 24.5 Å². The lowest BCUT2D eigenvalue weighted by Gasteiger charge is -2.07. The molecule has 2 rings (SSSR count). The third-order valence-electron chi connectivity index (χ3n) is 2.54. The first-order valence-corrected chi connectivity index (χ1v) is 6.48. The van der Waals surface area contributed by atoms with Crippen molar-refractivity contribution in [3.8, 4) is 11.3 Å². The molecule has 1 heterocycles. The fourth-order valence-corrected chi connectivity index (χ4v) is 2.00. The van der Waals surface area contributed by atoms with Gasteiger partial charge in [-0.2, -0.15) is 0 Å². The first-order valence-electron chi connectivity index (χ1n) is 5.73. The highest BCUT2D eigenvalue weighted by atomic mass is 35.5. The molecule has 2 aromatic rings. The van der Waals surface area contributed by atoms with E-state index in [0.29, 0.717) is 22.2 Å². The van der Waals surface area contributed by atoms with Crippen molar-refractivity contribution >= 4 is 34.7 Å². The molecule has 0 fully saturated rings. The van der Waals surface area contributed by atoms with Crippen molar-refractivity contribution < 1.29 is 4.92 Å². The lowest BCUT2D eigenvalue weighted by Crippen LogP contribution is -2.06. The number of anilines is 1. The summed E-state index contributed by atoms with van der Waals surface area (Å²) in [5.74, 6) is 0.175. The number of rotatable bonds is 4. The van der Waals surface area contributed by atoms with Gasteiger partial charge in [-0.15, -0.1) is 0 Å². The van der Waals surface area contributed by atoms with Crippen LogP contribution in [-0.4, -0.2) is 21.4 Å². The maximum atomic E-state index is 11.3. The maximum absolute atomic E-state index is 11.3. The molecule has 0 unspecified atom stereocenters. The summed E-state index contributed by atoms with van der Waals surface area (Å²) in [6, 6.07) is 4.73. The third-order valence-corrected chi connectivity index (χ3v) is 3.28. The molecule has 0 amide bonds. The van der Waals surface area contributed by atoms with Gasteiger partial charge in [-0.1, -0.05) is 29.3 Å². The SMILES string of the molecule is CCNc1ncnc(-c2ccc(Cl)c(Cl)c2)c1[N+](=O)[O-]. The molecule has 0 bridgehead atoms. The summed E-state index contributed by atoms with van der Waals surface area (Å²) in [6.07, 6.45) is 1.27. The molecule has 0 aliphatic heterocycles. The highest BCUT2D eigenvalue weighted by molar-refractivity contribution is 6.42. The Morgan fingerprint density at radius 2 is 2.05 bits per heavy atom. The minimum absolute atomic E-state index is 0.175. The number of nitro groups is 1. The Hall–Kier alpha value is -1.92. The van der Waals surface area contributed by atoms with E-state index < -0.39 is 4.92 Å². The first-order chi connectivity index (χ1) is 9.54. The van der Waals surface area contributed by atoms with Crippen molar-refractivity contribution in [2.45, 2.75) is 6.92 Å². The van der Waals surface area contributed by atoms with Gasteiger partial charge in [-0.3, -0.25) is 10.1 Å². The molecule has 0 radical (unpaired) electrons. The van der Waals surface area contributed by atoms with E-state index in [4.69, 9.17) is 23.2 Å². The van der Waals surface area contributed by atoms with Crippen LogP contribution >= 0.6 is 23.2 Å². The molecule has 20 heavy (non-hydrogen) atoms. The van der Waals surface area contributed by atoms with E-state index in [1.165, 1.54) is 12.4 Å². The fraction of sp³-hybridized carbons (Fsp3) is 0.167. The average Bonchev–Trinajstić information content (AvgIpc) is 2.42. The van der Waals surface area contributed by atoms with Crippen LogP contribution in [0.2, 0.25) is 10.0 Å². The Bertz CT molecular complexity index is 664. The molecular formula is C12H10Cl2N4O2. The number of aromatic nitrogens is 2. The van der Waals surface area contributed by atoms with E-state index >= 15 is 0 Å². The zero-order chi connectivity index (χ0) is 14.7. The van der Waals surface area contributed by atoms with Crippen LogP contribution in [0, 0.1) is 10.1 Å². The van der Waals surface area contributed by atoms with E-state index in [9.17, 15) is 10.1 Å².